The lowest BCUT2D eigenvalue weighted by Gasteiger charge is -2.27. The first-order valence-electron chi connectivity index (χ1n) is 6.61. The molecule has 0 bridgehead atoms. The number of rotatable bonds is 7. The quantitative estimate of drug-likeness (QED) is 0.787. The summed E-state index contributed by atoms with van der Waals surface area (Å²) in [7, 11) is 2.13. The minimum absolute atomic E-state index is 0.585. The van der Waals surface area contributed by atoms with E-state index in [0.717, 1.165) is 31.7 Å². The van der Waals surface area contributed by atoms with E-state index in [2.05, 4.69) is 55.2 Å². The van der Waals surface area contributed by atoms with Crippen LogP contribution in [0.15, 0.2) is 18.3 Å². The molecule has 0 saturated heterocycles. The number of aromatic nitrogens is 1. The first-order chi connectivity index (χ1) is 8.22. The van der Waals surface area contributed by atoms with E-state index in [1.807, 2.05) is 6.20 Å². The van der Waals surface area contributed by atoms with Gasteiger partial charge in [-0.2, -0.15) is 0 Å². The number of hydrogen-bond donors (Lipinski definition) is 1. The average molecular weight is 235 g/mol. The molecule has 3 heteroatoms. The summed E-state index contributed by atoms with van der Waals surface area (Å²) in [6.07, 6.45) is 4.29. The summed E-state index contributed by atoms with van der Waals surface area (Å²) < 4.78 is 0. The predicted molar refractivity (Wildman–Crippen MR) is 74.4 cm³/mol. The van der Waals surface area contributed by atoms with Gasteiger partial charge in [0, 0.05) is 25.8 Å². The Bertz CT molecular complexity index is 304. The molecule has 0 aliphatic rings. The van der Waals surface area contributed by atoms with Crippen LogP contribution in [0.1, 0.15) is 39.2 Å². The molecule has 0 unspecified atom stereocenters. The summed E-state index contributed by atoms with van der Waals surface area (Å²) in [4.78, 5) is 6.81. The minimum Gasteiger partial charge on any atom is -0.357 e. The van der Waals surface area contributed by atoms with Gasteiger partial charge in [-0.25, -0.2) is 4.98 Å². The van der Waals surface area contributed by atoms with Crippen LogP contribution in [-0.2, 0) is 6.54 Å². The van der Waals surface area contributed by atoms with Crippen LogP contribution in [-0.4, -0.2) is 24.6 Å². The standard InChI is InChI=1S/C14H25N3/c1-5-13(6-2)17(4)14-9-8-12(11-16-14)10-15-7-3/h8-9,11,13,15H,5-7,10H2,1-4H3. The second-order valence-corrected chi connectivity index (χ2v) is 4.39. The third kappa shape index (κ3) is 4.00. The van der Waals surface area contributed by atoms with Gasteiger partial charge in [0.2, 0.25) is 0 Å². The third-order valence-electron chi connectivity index (χ3n) is 3.24. The Kier molecular flexibility index (Phi) is 5.98. The van der Waals surface area contributed by atoms with Crippen LogP contribution >= 0.6 is 0 Å². The van der Waals surface area contributed by atoms with Crippen molar-refractivity contribution >= 4 is 5.82 Å². The van der Waals surface area contributed by atoms with Crippen molar-refractivity contribution in [2.45, 2.75) is 46.2 Å². The molecule has 0 aliphatic heterocycles. The van der Waals surface area contributed by atoms with Gasteiger partial charge in [0.1, 0.15) is 5.82 Å². The van der Waals surface area contributed by atoms with Crippen LogP contribution in [0.4, 0.5) is 5.82 Å². The van der Waals surface area contributed by atoms with Gasteiger partial charge in [0.25, 0.3) is 0 Å². The largest absolute Gasteiger partial charge is 0.357 e. The number of nitrogens with zero attached hydrogens (tertiary/aromatic N) is 2. The van der Waals surface area contributed by atoms with E-state index in [9.17, 15) is 0 Å². The maximum atomic E-state index is 4.53. The predicted octanol–water partition coefficient (Wildman–Crippen LogP) is 2.82. The Balaban J connectivity index is 2.66. The zero-order valence-corrected chi connectivity index (χ0v) is 11.5. The second kappa shape index (κ2) is 7.28. The summed E-state index contributed by atoms with van der Waals surface area (Å²) in [5.74, 6) is 1.07. The van der Waals surface area contributed by atoms with Crippen LogP contribution in [0.3, 0.4) is 0 Å². The molecule has 1 heterocycles. The molecule has 1 aromatic rings. The maximum absolute atomic E-state index is 4.53. The van der Waals surface area contributed by atoms with Gasteiger partial charge in [-0.05, 0) is 31.0 Å². The molecule has 0 fully saturated rings. The smallest absolute Gasteiger partial charge is 0.128 e. The molecule has 3 nitrogen and oxygen atoms in total. The highest BCUT2D eigenvalue weighted by Crippen LogP contribution is 2.16. The lowest BCUT2D eigenvalue weighted by atomic mass is 10.1. The Morgan fingerprint density at radius 1 is 1.24 bits per heavy atom. The topological polar surface area (TPSA) is 28.2 Å². The zero-order valence-electron chi connectivity index (χ0n) is 11.5. The third-order valence-corrected chi connectivity index (χ3v) is 3.24. The molecule has 1 rings (SSSR count). The molecule has 0 amide bonds. The monoisotopic (exact) mass is 235 g/mol. The molecule has 0 aromatic carbocycles. The Labute approximate surface area is 105 Å². The highest BCUT2D eigenvalue weighted by Gasteiger charge is 2.11. The van der Waals surface area contributed by atoms with Gasteiger partial charge in [0.05, 0.1) is 0 Å². The van der Waals surface area contributed by atoms with Crippen molar-refractivity contribution in [2.24, 2.45) is 0 Å². The van der Waals surface area contributed by atoms with Gasteiger partial charge in [0.15, 0.2) is 0 Å². The molecule has 96 valence electrons. The fourth-order valence-electron chi connectivity index (χ4n) is 2.02. The van der Waals surface area contributed by atoms with E-state index < -0.39 is 0 Å². The summed E-state index contributed by atoms with van der Waals surface area (Å²) in [5, 5.41) is 3.30. The van der Waals surface area contributed by atoms with Gasteiger partial charge >= 0.3 is 0 Å². The maximum Gasteiger partial charge on any atom is 0.128 e. The van der Waals surface area contributed by atoms with E-state index in [-0.39, 0.29) is 0 Å². The fourth-order valence-corrected chi connectivity index (χ4v) is 2.02. The Hall–Kier alpha value is -1.09. The first kappa shape index (κ1) is 14.0. The molecule has 0 radical (unpaired) electrons. The SMILES string of the molecule is CCNCc1ccc(N(C)C(CC)CC)nc1. The molecule has 0 saturated carbocycles. The van der Waals surface area contributed by atoms with Crippen molar-refractivity contribution in [1.82, 2.24) is 10.3 Å². The van der Waals surface area contributed by atoms with E-state index in [1.54, 1.807) is 0 Å². The second-order valence-electron chi connectivity index (χ2n) is 4.39. The van der Waals surface area contributed by atoms with Crippen LogP contribution < -0.4 is 10.2 Å². The van der Waals surface area contributed by atoms with Crippen LogP contribution in [0.2, 0.25) is 0 Å². The molecule has 0 aliphatic carbocycles. The zero-order chi connectivity index (χ0) is 12.7. The lowest BCUT2D eigenvalue weighted by molar-refractivity contribution is 0.586. The first-order valence-corrected chi connectivity index (χ1v) is 6.61. The highest BCUT2D eigenvalue weighted by atomic mass is 15.2. The number of nitrogens with one attached hydrogen (secondary N) is 1. The van der Waals surface area contributed by atoms with Crippen molar-refractivity contribution in [2.75, 3.05) is 18.5 Å². The van der Waals surface area contributed by atoms with E-state index >= 15 is 0 Å². The Morgan fingerprint density at radius 3 is 2.41 bits per heavy atom. The van der Waals surface area contributed by atoms with E-state index in [4.69, 9.17) is 0 Å². The Morgan fingerprint density at radius 2 is 1.94 bits per heavy atom. The summed E-state index contributed by atoms with van der Waals surface area (Å²) in [6, 6.07) is 4.86. The molecule has 17 heavy (non-hydrogen) atoms. The van der Waals surface area contributed by atoms with Crippen molar-refractivity contribution in [3.05, 3.63) is 23.9 Å². The molecular formula is C14H25N3. The fraction of sp³-hybridized carbons (Fsp3) is 0.643. The van der Waals surface area contributed by atoms with Crippen molar-refractivity contribution < 1.29 is 0 Å². The van der Waals surface area contributed by atoms with Gasteiger partial charge in [-0.3, -0.25) is 0 Å². The average Bonchev–Trinajstić information content (AvgIpc) is 2.38. The van der Waals surface area contributed by atoms with Crippen LogP contribution in [0.25, 0.3) is 0 Å². The normalized spacial score (nSPS) is 10.9. The summed E-state index contributed by atoms with van der Waals surface area (Å²) in [6.45, 7) is 8.46. The van der Waals surface area contributed by atoms with Gasteiger partial charge in [-0.1, -0.05) is 26.8 Å². The van der Waals surface area contributed by atoms with Gasteiger partial charge in [-0.15, -0.1) is 0 Å². The van der Waals surface area contributed by atoms with Crippen molar-refractivity contribution in [3.8, 4) is 0 Å². The summed E-state index contributed by atoms with van der Waals surface area (Å²) >= 11 is 0. The molecule has 0 spiro atoms. The molecular weight excluding hydrogens is 210 g/mol. The minimum atomic E-state index is 0.585. The van der Waals surface area contributed by atoms with Crippen molar-refractivity contribution in [3.63, 3.8) is 0 Å². The van der Waals surface area contributed by atoms with Crippen LogP contribution in [0, 0.1) is 0 Å². The highest BCUT2D eigenvalue weighted by molar-refractivity contribution is 5.39. The van der Waals surface area contributed by atoms with Gasteiger partial charge < -0.3 is 10.2 Å². The summed E-state index contributed by atoms with van der Waals surface area (Å²) in [5.41, 5.74) is 1.24. The number of pyridine rings is 1. The lowest BCUT2D eigenvalue weighted by Crippen LogP contribution is -2.31. The van der Waals surface area contributed by atoms with E-state index in [0.29, 0.717) is 6.04 Å². The van der Waals surface area contributed by atoms with E-state index in [1.165, 1.54) is 5.56 Å². The molecule has 1 N–H and O–H groups in total. The molecule has 0 atom stereocenters. The molecule has 1 aromatic heterocycles. The van der Waals surface area contributed by atoms with Crippen molar-refractivity contribution in [1.29, 1.82) is 0 Å². The number of anilines is 1. The number of hydrogen-bond acceptors (Lipinski definition) is 3. The van der Waals surface area contributed by atoms with Crippen LogP contribution in [0.5, 0.6) is 0 Å².